The highest BCUT2D eigenvalue weighted by Gasteiger charge is 2.08. The van der Waals surface area contributed by atoms with Crippen LogP contribution in [0.3, 0.4) is 0 Å². The predicted octanol–water partition coefficient (Wildman–Crippen LogP) is 2.83. The lowest BCUT2D eigenvalue weighted by molar-refractivity contribution is -0.141. The number of rotatable bonds is 6. The number of benzene rings is 2. The lowest BCUT2D eigenvalue weighted by Crippen LogP contribution is -2.14. The van der Waals surface area contributed by atoms with E-state index in [-0.39, 0.29) is 24.7 Å². The molecule has 6 nitrogen and oxygen atoms in total. The highest BCUT2D eigenvalue weighted by molar-refractivity contribution is 6.04. The lowest BCUT2D eigenvalue weighted by atomic mass is 10.2. The molecule has 0 radical (unpaired) electrons. The summed E-state index contributed by atoms with van der Waals surface area (Å²) in [6.07, 6.45) is 0.0900. The molecule has 0 saturated heterocycles. The summed E-state index contributed by atoms with van der Waals surface area (Å²) in [7, 11) is 1.28. The Labute approximate surface area is 139 Å². The van der Waals surface area contributed by atoms with Crippen LogP contribution in [0.5, 0.6) is 0 Å². The zero-order valence-corrected chi connectivity index (χ0v) is 13.2. The van der Waals surface area contributed by atoms with Crippen molar-refractivity contribution in [2.75, 3.05) is 17.7 Å². The molecule has 0 spiro atoms. The maximum atomic E-state index is 12.0. The second kappa shape index (κ2) is 8.47. The van der Waals surface area contributed by atoms with Crippen molar-refractivity contribution in [3.63, 3.8) is 0 Å². The molecule has 0 bridgehead atoms. The third-order valence-corrected chi connectivity index (χ3v) is 3.25. The van der Waals surface area contributed by atoms with Gasteiger partial charge < -0.3 is 15.4 Å². The summed E-state index contributed by atoms with van der Waals surface area (Å²) in [5.41, 5.74) is 1.77. The van der Waals surface area contributed by atoms with Crippen LogP contribution in [-0.4, -0.2) is 24.9 Å². The van der Waals surface area contributed by atoms with Gasteiger partial charge in [-0.2, -0.15) is 0 Å². The number of nitrogens with one attached hydrogen (secondary N) is 2. The molecule has 2 rings (SSSR count). The first-order valence-corrected chi connectivity index (χ1v) is 7.41. The van der Waals surface area contributed by atoms with Crippen LogP contribution in [0.2, 0.25) is 0 Å². The molecule has 0 heterocycles. The minimum Gasteiger partial charge on any atom is -0.469 e. The zero-order chi connectivity index (χ0) is 17.4. The van der Waals surface area contributed by atoms with Gasteiger partial charge in [0.25, 0.3) is 5.91 Å². The second-order valence-corrected chi connectivity index (χ2v) is 5.02. The van der Waals surface area contributed by atoms with Gasteiger partial charge in [-0.05, 0) is 36.4 Å². The molecular weight excluding hydrogens is 308 g/mol. The molecule has 24 heavy (non-hydrogen) atoms. The largest absolute Gasteiger partial charge is 0.469 e. The third kappa shape index (κ3) is 5.24. The molecule has 0 aliphatic rings. The van der Waals surface area contributed by atoms with Crippen molar-refractivity contribution in [3.8, 4) is 0 Å². The fraction of sp³-hybridized carbons (Fsp3) is 0.167. The molecule has 2 amide bonds. The van der Waals surface area contributed by atoms with Crippen LogP contribution in [0.1, 0.15) is 23.2 Å². The summed E-state index contributed by atoms with van der Waals surface area (Å²) in [6, 6.07) is 15.6. The van der Waals surface area contributed by atoms with Crippen molar-refractivity contribution in [3.05, 3.63) is 60.2 Å². The summed E-state index contributed by atoms with van der Waals surface area (Å²) in [4.78, 5) is 34.7. The van der Waals surface area contributed by atoms with Gasteiger partial charge in [-0.1, -0.05) is 18.2 Å². The summed E-state index contributed by atoms with van der Waals surface area (Å²) in [6.45, 7) is 0. The first-order chi connectivity index (χ1) is 11.6. The Balaban J connectivity index is 1.87. The van der Waals surface area contributed by atoms with Crippen molar-refractivity contribution in [2.24, 2.45) is 0 Å². The molecule has 2 aromatic carbocycles. The summed E-state index contributed by atoms with van der Waals surface area (Å²) >= 11 is 0. The van der Waals surface area contributed by atoms with E-state index < -0.39 is 5.97 Å². The number of carbonyl (C=O) groups is 3. The van der Waals surface area contributed by atoms with Gasteiger partial charge in [-0.25, -0.2) is 0 Å². The molecule has 0 fully saturated rings. The van der Waals surface area contributed by atoms with Crippen LogP contribution in [0.15, 0.2) is 54.6 Å². The van der Waals surface area contributed by atoms with E-state index in [0.29, 0.717) is 16.9 Å². The number of amides is 2. The van der Waals surface area contributed by atoms with Gasteiger partial charge in [-0.15, -0.1) is 0 Å². The summed E-state index contributed by atoms with van der Waals surface area (Å²) in [5, 5.41) is 5.45. The van der Waals surface area contributed by atoms with E-state index in [2.05, 4.69) is 15.4 Å². The van der Waals surface area contributed by atoms with Gasteiger partial charge in [0.05, 0.1) is 13.5 Å². The van der Waals surface area contributed by atoms with Crippen LogP contribution in [-0.2, 0) is 14.3 Å². The number of hydrogen-bond acceptors (Lipinski definition) is 4. The number of methoxy groups -OCH3 is 1. The Kier molecular flexibility index (Phi) is 6.08. The number of ether oxygens (including phenoxy) is 1. The molecule has 6 heteroatoms. The topological polar surface area (TPSA) is 84.5 Å². The molecule has 0 aromatic heterocycles. The number of carbonyl (C=O) groups excluding carboxylic acids is 3. The van der Waals surface area contributed by atoms with Crippen LogP contribution >= 0.6 is 0 Å². The van der Waals surface area contributed by atoms with Gasteiger partial charge in [0.15, 0.2) is 0 Å². The molecule has 0 saturated carbocycles. The van der Waals surface area contributed by atoms with Crippen molar-refractivity contribution >= 4 is 29.2 Å². The molecule has 2 N–H and O–H groups in total. The van der Waals surface area contributed by atoms with Crippen LogP contribution in [0.25, 0.3) is 0 Å². The minimum absolute atomic E-state index is 0.0353. The van der Waals surface area contributed by atoms with E-state index >= 15 is 0 Å². The maximum absolute atomic E-state index is 12.0. The third-order valence-electron chi connectivity index (χ3n) is 3.25. The lowest BCUT2D eigenvalue weighted by Gasteiger charge is -2.08. The van der Waals surface area contributed by atoms with E-state index in [1.165, 1.54) is 7.11 Å². The standard InChI is InChI=1S/C18H18N2O4/c1-24-17(22)12-11-16(21)19-14-7-9-15(10-8-14)20-18(23)13-5-3-2-4-6-13/h2-10H,11-12H2,1H3,(H,19,21)(H,20,23). The molecule has 0 aliphatic carbocycles. The van der Waals surface area contributed by atoms with Crippen LogP contribution in [0.4, 0.5) is 11.4 Å². The number of anilines is 2. The van der Waals surface area contributed by atoms with Crippen molar-refractivity contribution in [2.45, 2.75) is 12.8 Å². The predicted molar refractivity (Wildman–Crippen MR) is 90.7 cm³/mol. The minimum atomic E-state index is -0.427. The Bertz CT molecular complexity index is 712. The highest BCUT2D eigenvalue weighted by Crippen LogP contribution is 2.15. The number of esters is 1. The monoisotopic (exact) mass is 326 g/mol. The maximum Gasteiger partial charge on any atom is 0.306 e. The normalized spacial score (nSPS) is 9.88. The van der Waals surface area contributed by atoms with Crippen molar-refractivity contribution in [1.82, 2.24) is 0 Å². The first kappa shape index (κ1) is 17.2. The molecule has 0 aliphatic heterocycles. The van der Waals surface area contributed by atoms with E-state index in [0.717, 1.165) is 0 Å². The Hall–Kier alpha value is -3.15. The van der Waals surface area contributed by atoms with Crippen molar-refractivity contribution in [1.29, 1.82) is 0 Å². The molecule has 124 valence electrons. The highest BCUT2D eigenvalue weighted by atomic mass is 16.5. The van der Waals surface area contributed by atoms with E-state index in [1.54, 1.807) is 48.5 Å². The molecular formula is C18H18N2O4. The van der Waals surface area contributed by atoms with E-state index in [9.17, 15) is 14.4 Å². The Morgan fingerprint density at radius 2 is 1.42 bits per heavy atom. The number of hydrogen-bond donors (Lipinski definition) is 2. The molecule has 2 aromatic rings. The Morgan fingerprint density at radius 1 is 0.833 bits per heavy atom. The molecule has 0 atom stereocenters. The second-order valence-electron chi connectivity index (χ2n) is 5.02. The zero-order valence-electron chi connectivity index (χ0n) is 13.2. The smallest absolute Gasteiger partial charge is 0.306 e. The Morgan fingerprint density at radius 3 is 2.00 bits per heavy atom. The molecule has 0 unspecified atom stereocenters. The fourth-order valence-electron chi connectivity index (χ4n) is 1.97. The SMILES string of the molecule is COC(=O)CCC(=O)Nc1ccc(NC(=O)c2ccccc2)cc1. The van der Waals surface area contributed by atoms with E-state index in [1.807, 2.05) is 6.07 Å². The quantitative estimate of drug-likeness (QED) is 0.800. The summed E-state index contributed by atoms with van der Waals surface area (Å²) < 4.78 is 4.48. The van der Waals surface area contributed by atoms with Gasteiger partial charge in [0.2, 0.25) is 5.91 Å². The van der Waals surface area contributed by atoms with Gasteiger partial charge >= 0.3 is 5.97 Å². The van der Waals surface area contributed by atoms with E-state index in [4.69, 9.17) is 0 Å². The van der Waals surface area contributed by atoms with Crippen LogP contribution in [0, 0.1) is 0 Å². The first-order valence-electron chi connectivity index (χ1n) is 7.41. The van der Waals surface area contributed by atoms with Gasteiger partial charge in [0, 0.05) is 23.4 Å². The summed E-state index contributed by atoms with van der Waals surface area (Å²) in [5.74, 6) is -0.906. The fourth-order valence-corrected chi connectivity index (χ4v) is 1.97. The van der Waals surface area contributed by atoms with Crippen molar-refractivity contribution < 1.29 is 19.1 Å². The van der Waals surface area contributed by atoms with Crippen LogP contribution < -0.4 is 10.6 Å². The van der Waals surface area contributed by atoms with Gasteiger partial charge in [-0.3, -0.25) is 14.4 Å². The van der Waals surface area contributed by atoms with Gasteiger partial charge in [0.1, 0.15) is 0 Å². The average molecular weight is 326 g/mol. The average Bonchev–Trinajstić information content (AvgIpc) is 2.62.